The van der Waals surface area contributed by atoms with E-state index in [1.54, 1.807) is 12.1 Å². The smallest absolute Gasteiger partial charge is 0.328 e. The Balaban J connectivity index is 1.95. The van der Waals surface area contributed by atoms with Crippen LogP contribution in [0.1, 0.15) is 21.7 Å². The Hall–Kier alpha value is -2.96. The van der Waals surface area contributed by atoms with E-state index in [4.69, 9.17) is 5.11 Å². The van der Waals surface area contributed by atoms with Gasteiger partial charge in [-0.3, -0.25) is 9.78 Å². The highest BCUT2D eigenvalue weighted by atomic mass is 16.5. The zero-order valence-electron chi connectivity index (χ0n) is 10.3. The van der Waals surface area contributed by atoms with Crippen LogP contribution in [0.4, 0.5) is 0 Å². The third kappa shape index (κ3) is 3.77. The molecule has 20 heavy (non-hydrogen) atoms. The zero-order valence-corrected chi connectivity index (χ0v) is 10.3. The van der Waals surface area contributed by atoms with Crippen LogP contribution >= 0.6 is 0 Å². The van der Waals surface area contributed by atoms with Gasteiger partial charge >= 0.3 is 5.97 Å². The van der Waals surface area contributed by atoms with E-state index in [1.165, 1.54) is 24.6 Å². The van der Waals surface area contributed by atoms with Crippen LogP contribution in [0.2, 0.25) is 0 Å². The highest BCUT2D eigenvalue weighted by Crippen LogP contribution is 2.03. The molecule has 1 amide bonds. The average molecular weight is 273 g/mol. The van der Waals surface area contributed by atoms with E-state index in [0.717, 1.165) is 6.08 Å². The maximum absolute atomic E-state index is 11.8. The molecule has 0 radical (unpaired) electrons. The zero-order chi connectivity index (χ0) is 14.4. The Morgan fingerprint density at radius 2 is 2.20 bits per heavy atom. The third-order valence-corrected chi connectivity index (χ3v) is 2.36. The van der Waals surface area contributed by atoms with Gasteiger partial charge in [0.2, 0.25) is 0 Å². The number of hydrogen-bond acceptors (Lipinski definition) is 5. The molecule has 0 bridgehead atoms. The van der Waals surface area contributed by atoms with Gasteiger partial charge in [0, 0.05) is 18.3 Å². The molecular formula is C13H11N3O4. The summed E-state index contributed by atoms with van der Waals surface area (Å²) in [6.07, 6.45) is 5.24. The molecule has 0 aliphatic heterocycles. The number of rotatable bonds is 5. The second-order valence-electron chi connectivity index (χ2n) is 3.82. The summed E-state index contributed by atoms with van der Waals surface area (Å²) < 4.78 is 4.64. The van der Waals surface area contributed by atoms with Crippen LogP contribution in [-0.4, -0.2) is 27.1 Å². The Labute approximate surface area is 113 Å². The van der Waals surface area contributed by atoms with Gasteiger partial charge in [0.1, 0.15) is 17.7 Å². The molecule has 2 N–H and O–H groups in total. The molecule has 0 fully saturated rings. The van der Waals surface area contributed by atoms with Gasteiger partial charge in [0.05, 0.1) is 6.54 Å². The lowest BCUT2D eigenvalue weighted by molar-refractivity contribution is -0.131. The molecule has 0 spiro atoms. The molecule has 0 atom stereocenters. The summed E-state index contributed by atoms with van der Waals surface area (Å²) in [4.78, 5) is 26.1. The van der Waals surface area contributed by atoms with Crippen LogP contribution in [-0.2, 0) is 11.3 Å². The molecule has 2 heterocycles. The summed E-state index contributed by atoms with van der Waals surface area (Å²) in [5.74, 6) is -1.39. The lowest BCUT2D eigenvalue weighted by Gasteiger charge is -2.02. The van der Waals surface area contributed by atoms with Crippen molar-refractivity contribution in [1.82, 2.24) is 15.5 Å². The molecule has 2 aromatic heterocycles. The van der Waals surface area contributed by atoms with Gasteiger partial charge in [0.15, 0.2) is 0 Å². The first-order valence-corrected chi connectivity index (χ1v) is 5.69. The van der Waals surface area contributed by atoms with Crippen molar-refractivity contribution in [2.24, 2.45) is 0 Å². The number of aromatic nitrogens is 2. The number of hydrogen-bond donors (Lipinski definition) is 2. The Bertz CT molecular complexity index is 618. The number of pyridine rings is 1. The van der Waals surface area contributed by atoms with Crippen LogP contribution in [0.25, 0.3) is 6.08 Å². The number of nitrogens with one attached hydrogen (secondary N) is 1. The Morgan fingerprint density at radius 1 is 1.35 bits per heavy atom. The minimum atomic E-state index is -1.04. The van der Waals surface area contributed by atoms with E-state index >= 15 is 0 Å². The molecule has 2 rings (SSSR count). The second-order valence-corrected chi connectivity index (χ2v) is 3.82. The molecule has 7 heteroatoms. The first-order chi connectivity index (χ1) is 9.65. The van der Waals surface area contributed by atoms with Gasteiger partial charge in [-0.15, -0.1) is 0 Å². The molecule has 7 nitrogen and oxygen atoms in total. The predicted octanol–water partition coefficient (Wildman–Crippen LogP) is 1.10. The van der Waals surface area contributed by atoms with E-state index in [1.807, 2.05) is 0 Å². The van der Waals surface area contributed by atoms with Crippen molar-refractivity contribution in [3.8, 4) is 0 Å². The fourth-order valence-corrected chi connectivity index (χ4v) is 1.40. The molecule has 0 saturated heterocycles. The molecule has 0 saturated carbocycles. The summed E-state index contributed by atoms with van der Waals surface area (Å²) in [5, 5.41) is 14.8. The number of amides is 1. The van der Waals surface area contributed by atoms with E-state index in [2.05, 4.69) is 20.0 Å². The molecule has 2 aromatic rings. The molecule has 0 aromatic carbocycles. The summed E-state index contributed by atoms with van der Waals surface area (Å²) in [5.41, 5.74) is 1.45. The molecule has 0 aliphatic carbocycles. The summed E-state index contributed by atoms with van der Waals surface area (Å²) in [7, 11) is 0. The minimum absolute atomic E-state index is 0.237. The van der Waals surface area contributed by atoms with Crippen LogP contribution < -0.4 is 5.32 Å². The highest BCUT2D eigenvalue weighted by Gasteiger charge is 2.07. The maximum Gasteiger partial charge on any atom is 0.328 e. The van der Waals surface area contributed by atoms with Crippen molar-refractivity contribution < 1.29 is 19.2 Å². The molecule has 0 unspecified atom stereocenters. The van der Waals surface area contributed by atoms with Crippen LogP contribution in [0.5, 0.6) is 0 Å². The van der Waals surface area contributed by atoms with E-state index in [0.29, 0.717) is 11.3 Å². The number of carbonyl (C=O) groups excluding carboxylic acids is 1. The minimum Gasteiger partial charge on any atom is -0.478 e. The normalized spacial score (nSPS) is 10.6. The Kier molecular flexibility index (Phi) is 4.23. The largest absolute Gasteiger partial charge is 0.478 e. The van der Waals surface area contributed by atoms with E-state index in [9.17, 15) is 9.59 Å². The van der Waals surface area contributed by atoms with Crippen molar-refractivity contribution in [3.05, 3.63) is 53.7 Å². The summed E-state index contributed by atoms with van der Waals surface area (Å²) in [6.45, 7) is 0.248. The Morgan fingerprint density at radius 3 is 2.80 bits per heavy atom. The summed E-state index contributed by atoms with van der Waals surface area (Å²) in [6, 6.07) is 4.77. The quantitative estimate of drug-likeness (QED) is 0.790. The van der Waals surface area contributed by atoms with Gasteiger partial charge < -0.3 is 14.9 Å². The monoisotopic (exact) mass is 273 g/mol. The van der Waals surface area contributed by atoms with Crippen molar-refractivity contribution in [2.75, 3.05) is 0 Å². The van der Waals surface area contributed by atoms with Crippen molar-refractivity contribution >= 4 is 18.0 Å². The van der Waals surface area contributed by atoms with E-state index in [-0.39, 0.29) is 18.1 Å². The lowest BCUT2D eigenvalue weighted by atomic mass is 10.2. The molecule has 0 aliphatic rings. The number of carbonyl (C=O) groups is 2. The van der Waals surface area contributed by atoms with Crippen molar-refractivity contribution in [3.63, 3.8) is 0 Å². The number of aliphatic carboxylic acids is 1. The van der Waals surface area contributed by atoms with Gasteiger partial charge in [-0.1, -0.05) is 11.2 Å². The first kappa shape index (κ1) is 13.5. The fraction of sp³-hybridized carbons (Fsp3) is 0.0769. The van der Waals surface area contributed by atoms with Crippen LogP contribution in [0, 0.1) is 0 Å². The SMILES string of the molecule is O=C(O)/C=C/c1ccc(C(=O)NCc2ccon2)nc1. The third-order valence-electron chi connectivity index (χ3n) is 2.36. The molecular weight excluding hydrogens is 262 g/mol. The van der Waals surface area contributed by atoms with Gasteiger partial charge in [-0.05, 0) is 17.7 Å². The summed E-state index contributed by atoms with van der Waals surface area (Å²) >= 11 is 0. The number of carboxylic acid groups (broad SMARTS) is 1. The van der Waals surface area contributed by atoms with Gasteiger partial charge in [0.25, 0.3) is 5.91 Å². The van der Waals surface area contributed by atoms with Crippen LogP contribution in [0.3, 0.4) is 0 Å². The number of carboxylic acids is 1. The predicted molar refractivity (Wildman–Crippen MR) is 68.6 cm³/mol. The number of nitrogens with zero attached hydrogens (tertiary/aromatic N) is 2. The standard InChI is InChI=1S/C13H11N3O4/c17-12(18)4-2-9-1-3-11(14-7-9)13(19)15-8-10-5-6-20-16-10/h1-7H,8H2,(H,15,19)(H,17,18)/b4-2+. The first-order valence-electron chi connectivity index (χ1n) is 5.69. The van der Waals surface area contributed by atoms with Gasteiger partial charge in [-0.25, -0.2) is 4.79 Å². The average Bonchev–Trinajstić information content (AvgIpc) is 2.96. The lowest BCUT2D eigenvalue weighted by Crippen LogP contribution is -2.23. The van der Waals surface area contributed by atoms with Crippen LogP contribution in [0.15, 0.2) is 41.3 Å². The van der Waals surface area contributed by atoms with Crippen molar-refractivity contribution in [1.29, 1.82) is 0 Å². The second kappa shape index (κ2) is 6.28. The van der Waals surface area contributed by atoms with Crippen molar-refractivity contribution in [2.45, 2.75) is 6.54 Å². The van der Waals surface area contributed by atoms with E-state index < -0.39 is 5.97 Å². The van der Waals surface area contributed by atoms with Gasteiger partial charge in [-0.2, -0.15) is 0 Å². The maximum atomic E-state index is 11.8. The molecule has 102 valence electrons. The fourth-order valence-electron chi connectivity index (χ4n) is 1.40. The highest BCUT2D eigenvalue weighted by molar-refractivity contribution is 5.92. The topological polar surface area (TPSA) is 105 Å².